The molecule has 0 saturated carbocycles. The van der Waals surface area contributed by atoms with Gasteiger partial charge in [0, 0.05) is 56.6 Å². The van der Waals surface area contributed by atoms with Crippen LogP contribution in [0.25, 0.3) is 0 Å². The molecule has 0 aliphatic rings. The number of hydrogen-bond donors (Lipinski definition) is 0. The van der Waals surface area contributed by atoms with Crippen LogP contribution in [-0.4, -0.2) is 193 Å². The maximum atomic E-state index is 12.9. The van der Waals surface area contributed by atoms with Gasteiger partial charge in [-0.3, -0.25) is 0 Å². The van der Waals surface area contributed by atoms with Crippen LogP contribution in [0.15, 0.2) is 234 Å². The molecule has 0 spiro atoms. The van der Waals surface area contributed by atoms with Gasteiger partial charge in [-0.1, -0.05) is 0 Å². The van der Waals surface area contributed by atoms with Crippen molar-refractivity contribution in [2.75, 3.05) is 67.6 Å². The van der Waals surface area contributed by atoms with Gasteiger partial charge >= 0.3 is 61.3 Å². The minimum atomic E-state index is -6.09. The second-order valence-corrected chi connectivity index (χ2v) is 48.4. The summed E-state index contributed by atoms with van der Waals surface area (Å²) >= 11 is 18.6. The Balaban J connectivity index is 0.00000283. The molecule has 0 amide bonds. The zero-order valence-electron chi connectivity index (χ0n) is 81.3. The number of halogens is 3. The van der Waals surface area contributed by atoms with Gasteiger partial charge in [-0.15, -0.1) is 0 Å². The average Bonchev–Trinajstić information content (AvgIpc) is 0.811. The average molecular weight is 2060 g/mol. The van der Waals surface area contributed by atoms with E-state index in [1.54, 1.807) is 310 Å². The van der Waals surface area contributed by atoms with Gasteiger partial charge in [0.15, 0.2) is 10.1 Å². The van der Waals surface area contributed by atoms with Gasteiger partial charge in [0.05, 0.1) is 59.1 Å². The van der Waals surface area contributed by atoms with E-state index in [-0.39, 0.29) is 0 Å². The van der Waals surface area contributed by atoms with Crippen LogP contribution < -0.4 is 41.4 Å². The van der Waals surface area contributed by atoms with E-state index in [0.29, 0.717) is 146 Å². The minimum Gasteiger partial charge on any atom is -0.741 e. The number of carbonyl (C=O) groups excluding carboxylic acids is 6. The van der Waals surface area contributed by atoms with E-state index in [1.165, 1.54) is 14.3 Å². The van der Waals surface area contributed by atoms with Crippen molar-refractivity contribution in [2.45, 2.75) is 164 Å². The van der Waals surface area contributed by atoms with Gasteiger partial charge < -0.3 is 78.8 Å². The van der Waals surface area contributed by atoms with Crippen LogP contribution in [-0.2, 0) is 74.0 Å². The first-order chi connectivity index (χ1) is 64.4. The summed E-state index contributed by atoms with van der Waals surface area (Å²) in [6.07, 6.45) is 4.83. The highest BCUT2D eigenvalue weighted by Crippen LogP contribution is 2.55. The van der Waals surface area contributed by atoms with Gasteiger partial charge in [0.25, 0.3) is 0 Å². The molecule has 748 valence electrons. The number of hydrazone groups is 3. The van der Waals surface area contributed by atoms with E-state index in [9.17, 15) is 41.9 Å². The molecular weight excluding hydrogens is 1940 g/mol. The number of ether oxygens (including phenoxy) is 9. The van der Waals surface area contributed by atoms with Crippen LogP contribution in [0.5, 0.6) is 51.7 Å². The molecule has 0 saturated heterocycles. The molecular formula is C98H117F3N7O24P3S4. The smallest absolute Gasteiger partial charge is 0.485 e. The third-order valence-corrected chi connectivity index (χ3v) is 27.2. The minimum absolute atomic E-state index is 0.294. The summed E-state index contributed by atoms with van der Waals surface area (Å²) in [7, 11) is 0.921. The second-order valence-electron chi connectivity index (χ2n) is 37.3. The van der Waals surface area contributed by atoms with E-state index in [2.05, 4.69) is 7.05 Å². The number of benzene rings is 9. The largest absolute Gasteiger partial charge is 0.741 e. The lowest BCUT2D eigenvalue weighted by atomic mass is 10.1. The van der Waals surface area contributed by atoms with Crippen molar-refractivity contribution >= 4 is 120 Å². The number of esters is 6. The lowest BCUT2D eigenvalue weighted by molar-refractivity contribution is -0.909. The summed E-state index contributed by atoms with van der Waals surface area (Å²) in [5, 5.41) is 14.1. The van der Waals surface area contributed by atoms with Crippen molar-refractivity contribution < 1.29 is 129 Å². The maximum Gasteiger partial charge on any atom is 0.485 e. The Hall–Kier alpha value is -12.0. The fourth-order valence-corrected chi connectivity index (χ4v) is 16.8. The van der Waals surface area contributed by atoms with E-state index in [4.69, 9.17) is 133 Å². The first-order valence-electron chi connectivity index (χ1n) is 43.3. The molecule has 0 radical (unpaired) electrons. The SMILES string of the molecule is CN(/N=C/c1ccc(OCC[N+](C)(CCOc2ccc(/C=N/N(C)P(=S)(Oc3ccc(C(=O)OC(C)(C)C)cc3)Oc3ccc(C(=O)OC(C)(C)C)cc3)cc2)CCOc2ccc(/C=N/N(C)P(=S)(Oc3ccc(C(=O)OC(C)(C)C)cc3)Oc3ccc(C(=O)OC(C)(C)C)cc3)cc2)cc1)P(=S)(Oc1ccc(C(=O)OC(C)(C)C)cc1)Oc1ccc(C(=O)OC(C)(C)C)cc1.O=S(=O)([O-])C(F)(F)F. The molecule has 9 aromatic rings. The number of quaternary nitrogens is 1. The van der Waals surface area contributed by atoms with Gasteiger partial charge in [0.1, 0.15) is 125 Å². The van der Waals surface area contributed by atoms with Crippen molar-refractivity contribution in [3.05, 3.63) is 268 Å². The van der Waals surface area contributed by atoms with Crippen molar-refractivity contribution in [1.82, 2.24) is 14.3 Å². The summed E-state index contributed by atoms with van der Waals surface area (Å²) < 4.78 is 155. The Morgan fingerprint density at radius 3 is 0.590 bits per heavy atom. The van der Waals surface area contributed by atoms with Gasteiger partial charge in [-0.2, -0.15) is 28.5 Å². The van der Waals surface area contributed by atoms with Crippen molar-refractivity contribution in [3.63, 3.8) is 0 Å². The molecule has 41 heteroatoms. The fourth-order valence-electron chi connectivity index (χ4n) is 11.2. The van der Waals surface area contributed by atoms with E-state index >= 15 is 0 Å². The summed E-state index contributed by atoms with van der Waals surface area (Å²) in [4.78, 5) is 77.6. The normalized spacial score (nSPS) is 12.5. The van der Waals surface area contributed by atoms with Gasteiger partial charge in [0.2, 0.25) is 0 Å². The highest BCUT2D eigenvalue weighted by molar-refractivity contribution is 8.09. The Morgan fingerprint density at radius 2 is 0.453 bits per heavy atom. The van der Waals surface area contributed by atoms with Crippen LogP contribution in [0, 0.1) is 0 Å². The van der Waals surface area contributed by atoms with Crippen LogP contribution in [0.3, 0.4) is 0 Å². The third kappa shape index (κ3) is 38.3. The second kappa shape index (κ2) is 47.3. The van der Waals surface area contributed by atoms with E-state index < -0.39 is 105 Å². The molecule has 0 unspecified atom stereocenters. The monoisotopic (exact) mass is 2050 g/mol. The topological polar surface area (TPSA) is 345 Å². The molecule has 0 aliphatic heterocycles. The van der Waals surface area contributed by atoms with Crippen LogP contribution >= 0.6 is 19.9 Å². The summed E-state index contributed by atoms with van der Waals surface area (Å²) in [5.74, 6) is 0.596. The molecule has 0 aromatic heterocycles. The van der Waals surface area contributed by atoms with E-state index in [1.807, 2.05) is 72.8 Å². The molecule has 0 aliphatic carbocycles. The van der Waals surface area contributed by atoms with Crippen LogP contribution in [0.2, 0.25) is 0 Å². The summed E-state index contributed by atoms with van der Waals surface area (Å²) in [5.41, 5.74) is -5.93. The summed E-state index contributed by atoms with van der Waals surface area (Å²) in [6.45, 7) is 23.9. The lowest BCUT2D eigenvalue weighted by Crippen LogP contribution is -2.51. The van der Waals surface area contributed by atoms with Crippen molar-refractivity contribution in [1.29, 1.82) is 0 Å². The number of nitrogens with zero attached hydrogens (tertiary/aromatic N) is 7. The van der Waals surface area contributed by atoms with Crippen molar-refractivity contribution in [2.24, 2.45) is 15.3 Å². The van der Waals surface area contributed by atoms with E-state index in [0.717, 1.165) is 0 Å². The number of hydrogen-bond acceptors (Lipinski definition) is 30. The fraction of sp³-hybridized carbons (Fsp3) is 0.357. The van der Waals surface area contributed by atoms with Crippen LogP contribution in [0.4, 0.5) is 13.2 Å². The standard InChI is InChI=1S/C97H117N7O21P3S3.CHF3O3S/c1-92(2,3)114-86(105)71-29-47-80(48-30-71)120-126(129,121-81-49-31-72(32-50-81)87(106)115-93(4,5)6)101(19)98-65-68-23-41-77(42-24-68)111-62-59-104(22,60-63-112-78-43-25-69(26-44-78)66-99-102(20)127(130,122-82-51-33-73(34-52-82)88(107)116-94(7,8)9)123-83-53-35-74(36-54-83)89(108)117-95(10,11)12)61-64-113-79-45-27-70(28-46-79)67-100-103(21)128(131,124-84-55-37-75(38-56-84)90(109)118-96(13,14)15)125-85-57-39-76(40-58-85)91(110)119-97(16,17)18;2-1(3,4)8(5,6)7/h23-58,65-67H,59-64H2,1-22H3;(H,5,6,7)/q+1;/p-1/b98-65+,99-66+,100-67+;. The predicted molar refractivity (Wildman–Crippen MR) is 535 cm³/mol. The zero-order valence-corrected chi connectivity index (χ0v) is 87.2. The summed E-state index contributed by atoms with van der Waals surface area (Å²) in [6, 6.07) is 60.2. The molecule has 9 rings (SSSR count). The first-order valence-corrected chi connectivity index (χ1v) is 52.4. The Kier molecular flexibility index (Phi) is 38.2. The third-order valence-electron chi connectivity index (χ3n) is 18.1. The number of alkyl halides is 3. The van der Waals surface area contributed by atoms with Gasteiger partial charge in [-0.25, -0.2) is 51.5 Å². The number of likely N-dealkylation sites (N-methyl/N-ethyl adjacent to an activating group) is 1. The lowest BCUT2D eigenvalue weighted by Gasteiger charge is -2.34. The highest BCUT2D eigenvalue weighted by Gasteiger charge is 2.38. The highest BCUT2D eigenvalue weighted by atomic mass is 32.5. The van der Waals surface area contributed by atoms with Crippen molar-refractivity contribution in [3.8, 4) is 51.7 Å². The van der Waals surface area contributed by atoms with Gasteiger partial charge in [-0.05, 0) is 360 Å². The number of carbonyl (C=O) groups is 6. The Bertz CT molecular complexity index is 5270. The molecule has 0 heterocycles. The molecule has 0 fully saturated rings. The molecule has 139 heavy (non-hydrogen) atoms. The first kappa shape index (κ1) is 112. The maximum absolute atomic E-state index is 12.9. The molecule has 9 aromatic carbocycles. The zero-order chi connectivity index (χ0) is 103. The van der Waals surface area contributed by atoms with Crippen LogP contribution in [0.1, 0.15) is 203 Å². The molecule has 0 N–H and O–H groups in total. The molecule has 31 nitrogen and oxygen atoms in total. The molecule has 0 atom stereocenters. The quantitative estimate of drug-likeness (QED) is 0.00505. The Morgan fingerprint density at radius 1 is 0.309 bits per heavy atom. The number of rotatable bonds is 39. The predicted octanol–water partition coefficient (Wildman–Crippen LogP) is 21.4. The molecule has 0 bridgehead atoms. The Labute approximate surface area is 825 Å².